The van der Waals surface area contributed by atoms with Crippen LogP contribution in [0.15, 0.2) is 23.1 Å². The molecule has 0 unspecified atom stereocenters. The zero-order valence-corrected chi connectivity index (χ0v) is 8.41. The first kappa shape index (κ1) is 9.10. The highest BCUT2D eigenvalue weighted by Gasteiger charge is 2.12. The van der Waals surface area contributed by atoms with Crippen LogP contribution in [0.1, 0.15) is 5.56 Å². The molecule has 0 bridgehead atoms. The third-order valence-electron chi connectivity index (χ3n) is 1.51. The van der Waals surface area contributed by atoms with Crippen molar-refractivity contribution >= 4 is 39.9 Å². The van der Waals surface area contributed by atoms with Crippen molar-refractivity contribution in [2.24, 2.45) is 0 Å². The van der Waals surface area contributed by atoms with E-state index in [4.69, 9.17) is 0 Å². The van der Waals surface area contributed by atoms with Gasteiger partial charge < -0.3 is 4.72 Å². The van der Waals surface area contributed by atoms with Gasteiger partial charge in [-0.15, -0.1) is 12.4 Å². The van der Waals surface area contributed by atoms with Crippen LogP contribution in [0.3, 0.4) is 0 Å². The fourth-order valence-corrected chi connectivity index (χ4v) is 2.99. The Morgan fingerprint density at radius 3 is 2.91 bits per heavy atom. The van der Waals surface area contributed by atoms with Crippen LogP contribution in [0, 0.1) is 6.92 Å². The lowest BCUT2D eigenvalue weighted by Crippen LogP contribution is -1.82. The molecule has 4 heteroatoms. The molecule has 0 spiro atoms. The Morgan fingerprint density at radius 2 is 2.18 bits per heavy atom. The van der Waals surface area contributed by atoms with Crippen molar-refractivity contribution in [3.63, 3.8) is 0 Å². The van der Waals surface area contributed by atoms with Crippen molar-refractivity contribution < 1.29 is 0 Å². The van der Waals surface area contributed by atoms with Gasteiger partial charge in [0.15, 0.2) is 0 Å². The number of fused-ring (bicyclic) bond motifs is 1. The van der Waals surface area contributed by atoms with Gasteiger partial charge in [-0.3, -0.25) is 0 Å². The minimum absolute atomic E-state index is 0. The number of anilines is 1. The van der Waals surface area contributed by atoms with E-state index in [-0.39, 0.29) is 12.4 Å². The van der Waals surface area contributed by atoms with E-state index in [1.165, 1.54) is 16.1 Å². The Bertz CT molecular complexity index is 265. The fraction of sp³-hybridized carbons (Fsp3) is 0.143. The summed E-state index contributed by atoms with van der Waals surface area (Å²) in [7, 11) is 3.47. The Labute approximate surface area is 80.3 Å². The van der Waals surface area contributed by atoms with Crippen LogP contribution < -0.4 is 4.72 Å². The number of rotatable bonds is 0. The van der Waals surface area contributed by atoms with Gasteiger partial charge in [0, 0.05) is 15.9 Å². The van der Waals surface area contributed by atoms with E-state index < -0.39 is 0 Å². The molecule has 0 aromatic heterocycles. The summed E-state index contributed by atoms with van der Waals surface area (Å²) in [5.41, 5.74) is 2.62. The van der Waals surface area contributed by atoms with Gasteiger partial charge in [-0.05, 0) is 29.3 Å². The molecule has 0 fully saturated rings. The van der Waals surface area contributed by atoms with Crippen molar-refractivity contribution in [2.75, 3.05) is 4.72 Å². The van der Waals surface area contributed by atoms with Crippen molar-refractivity contribution in [1.29, 1.82) is 0 Å². The zero-order chi connectivity index (χ0) is 6.97. The molecule has 1 aromatic rings. The lowest BCUT2D eigenvalue weighted by Gasteiger charge is -1.99. The number of benzene rings is 1. The number of para-hydroxylation sites is 1. The van der Waals surface area contributed by atoms with Gasteiger partial charge in [0.25, 0.3) is 0 Å². The standard InChI is InChI=1S/C7H7NS2.ClH/c1-5-3-2-4-6-7(5)8-10-9-6;/h2-4,8H,1H3;1H. The van der Waals surface area contributed by atoms with Crippen LogP contribution in [0.4, 0.5) is 5.69 Å². The molecule has 0 atom stereocenters. The fourth-order valence-electron chi connectivity index (χ4n) is 0.948. The Balaban J connectivity index is 0.000000605. The Kier molecular flexibility index (Phi) is 2.98. The molecule has 0 radical (unpaired) electrons. The molecule has 1 aromatic carbocycles. The van der Waals surface area contributed by atoms with Crippen LogP contribution in [0.2, 0.25) is 0 Å². The predicted molar refractivity (Wildman–Crippen MR) is 55.5 cm³/mol. The molecule has 0 saturated heterocycles. The lowest BCUT2D eigenvalue weighted by molar-refractivity contribution is 1.38. The predicted octanol–water partition coefficient (Wildman–Crippen LogP) is 3.50. The monoisotopic (exact) mass is 205 g/mol. The second kappa shape index (κ2) is 3.61. The van der Waals surface area contributed by atoms with E-state index in [9.17, 15) is 0 Å². The first-order chi connectivity index (χ1) is 4.88. The third-order valence-corrected chi connectivity index (χ3v) is 3.44. The molecule has 0 saturated carbocycles. The van der Waals surface area contributed by atoms with Gasteiger partial charge in [0.1, 0.15) is 0 Å². The number of hydrogen-bond acceptors (Lipinski definition) is 3. The summed E-state index contributed by atoms with van der Waals surface area (Å²) < 4.78 is 3.25. The van der Waals surface area contributed by atoms with Crippen LogP contribution in [0.25, 0.3) is 0 Å². The number of halogens is 1. The van der Waals surface area contributed by atoms with Gasteiger partial charge >= 0.3 is 0 Å². The van der Waals surface area contributed by atoms with Gasteiger partial charge in [-0.2, -0.15) is 0 Å². The summed E-state index contributed by atoms with van der Waals surface area (Å²) in [6.45, 7) is 2.12. The molecule has 1 N–H and O–H groups in total. The van der Waals surface area contributed by atoms with Crippen LogP contribution in [0.5, 0.6) is 0 Å². The third kappa shape index (κ3) is 1.60. The largest absolute Gasteiger partial charge is 0.319 e. The molecule has 0 aliphatic carbocycles. The lowest BCUT2D eigenvalue weighted by atomic mass is 10.2. The summed E-state index contributed by atoms with van der Waals surface area (Å²) in [6.07, 6.45) is 0. The number of hydrogen-bond donors (Lipinski definition) is 1. The molecule has 2 rings (SSSR count). The van der Waals surface area contributed by atoms with E-state index in [0.717, 1.165) is 0 Å². The molecular weight excluding hydrogens is 198 g/mol. The minimum atomic E-state index is 0. The van der Waals surface area contributed by atoms with Gasteiger partial charge in [0.05, 0.1) is 5.69 Å². The molecule has 1 nitrogen and oxygen atoms in total. The quantitative estimate of drug-likeness (QED) is 0.515. The van der Waals surface area contributed by atoms with Gasteiger partial charge in [0.2, 0.25) is 0 Å². The van der Waals surface area contributed by atoms with Crippen LogP contribution in [-0.2, 0) is 0 Å². The zero-order valence-electron chi connectivity index (χ0n) is 5.96. The van der Waals surface area contributed by atoms with Gasteiger partial charge in [-0.1, -0.05) is 12.1 Å². The average Bonchev–Trinajstić information content (AvgIpc) is 2.36. The maximum atomic E-state index is 3.25. The normalized spacial score (nSPS) is 13.2. The molecule has 1 heterocycles. The first-order valence-electron chi connectivity index (χ1n) is 3.07. The number of nitrogens with one attached hydrogen (secondary N) is 1. The first-order valence-corrected chi connectivity index (χ1v) is 5.22. The summed E-state index contributed by atoms with van der Waals surface area (Å²) in [5, 5.41) is 0. The minimum Gasteiger partial charge on any atom is -0.319 e. The molecule has 60 valence electrons. The highest BCUT2D eigenvalue weighted by molar-refractivity contribution is 8.77. The van der Waals surface area contributed by atoms with Crippen LogP contribution in [-0.4, -0.2) is 0 Å². The van der Waals surface area contributed by atoms with Crippen LogP contribution >= 0.6 is 34.2 Å². The molecule has 0 amide bonds. The smallest absolute Gasteiger partial charge is 0.0623 e. The van der Waals surface area contributed by atoms with Crippen molar-refractivity contribution in [2.45, 2.75) is 11.8 Å². The van der Waals surface area contributed by atoms with E-state index >= 15 is 0 Å². The maximum absolute atomic E-state index is 3.25. The summed E-state index contributed by atoms with van der Waals surface area (Å²) >= 11 is 0. The SMILES string of the molecule is Cc1cccc2c1NSS2.Cl. The average molecular weight is 206 g/mol. The summed E-state index contributed by atoms with van der Waals surface area (Å²) in [6, 6.07) is 6.35. The summed E-state index contributed by atoms with van der Waals surface area (Å²) in [4.78, 5) is 1.35. The summed E-state index contributed by atoms with van der Waals surface area (Å²) in [5.74, 6) is 0. The Morgan fingerprint density at radius 1 is 1.36 bits per heavy atom. The van der Waals surface area contributed by atoms with E-state index in [2.05, 4.69) is 29.8 Å². The maximum Gasteiger partial charge on any atom is 0.0623 e. The second-order valence-corrected chi connectivity index (χ2v) is 4.19. The van der Waals surface area contributed by atoms with E-state index in [1.807, 2.05) is 0 Å². The van der Waals surface area contributed by atoms with Crippen molar-refractivity contribution in [3.8, 4) is 0 Å². The Hall–Kier alpha value is 0.01000. The highest BCUT2D eigenvalue weighted by atomic mass is 35.5. The van der Waals surface area contributed by atoms with E-state index in [0.29, 0.717) is 0 Å². The van der Waals surface area contributed by atoms with E-state index in [1.54, 1.807) is 21.8 Å². The highest BCUT2D eigenvalue weighted by Crippen LogP contribution is 2.45. The topological polar surface area (TPSA) is 12.0 Å². The van der Waals surface area contributed by atoms with Crippen molar-refractivity contribution in [1.82, 2.24) is 0 Å². The second-order valence-electron chi connectivity index (χ2n) is 2.22. The van der Waals surface area contributed by atoms with Gasteiger partial charge in [-0.25, -0.2) is 0 Å². The molecule has 11 heavy (non-hydrogen) atoms. The molecule has 1 aliphatic heterocycles. The molecule has 1 aliphatic rings. The number of aryl methyl sites for hydroxylation is 1. The van der Waals surface area contributed by atoms with Crippen molar-refractivity contribution in [3.05, 3.63) is 23.8 Å². The molecular formula is C7H8ClNS2.